The van der Waals surface area contributed by atoms with Crippen molar-refractivity contribution in [2.24, 2.45) is 0 Å². The summed E-state index contributed by atoms with van der Waals surface area (Å²) in [6, 6.07) is 5.90. The van der Waals surface area contributed by atoms with Gasteiger partial charge in [-0.3, -0.25) is 0 Å². The average molecular weight is 165 g/mol. The maximum atomic E-state index is 12.5. The molecule has 1 aromatic carbocycles. The van der Waals surface area contributed by atoms with Crippen LogP contribution < -0.4 is 0 Å². The Morgan fingerprint density at radius 3 is 2.75 bits per heavy atom. The predicted molar refractivity (Wildman–Crippen MR) is 42.1 cm³/mol. The monoisotopic (exact) mass is 165 g/mol. The third kappa shape index (κ3) is 1.54. The first-order chi connectivity index (χ1) is 5.65. The molecular formula is C9H8FNO. The minimum absolute atomic E-state index is 0.323. The number of benzene rings is 1. The van der Waals surface area contributed by atoms with Crippen LogP contribution in [0.25, 0.3) is 0 Å². The van der Waals surface area contributed by atoms with E-state index in [2.05, 4.69) is 0 Å². The normalized spacial score (nSPS) is 12.1. The molecule has 62 valence electrons. The van der Waals surface area contributed by atoms with Crippen LogP contribution in [0.3, 0.4) is 0 Å². The fourth-order valence-corrected chi connectivity index (χ4v) is 0.874. The summed E-state index contributed by atoms with van der Waals surface area (Å²) in [4.78, 5) is 0. The first-order valence-corrected chi connectivity index (χ1v) is 3.53. The summed E-state index contributed by atoms with van der Waals surface area (Å²) in [7, 11) is 0. The van der Waals surface area contributed by atoms with Crippen LogP contribution in [0.5, 0.6) is 5.75 Å². The molecule has 0 fully saturated rings. The van der Waals surface area contributed by atoms with Crippen molar-refractivity contribution < 1.29 is 9.50 Å². The number of nitriles is 1. The Hall–Kier alpha value is -1.56. The second kappa shape index (κ2) is 3.22. The van der Waals surface area contributed by atoms with Crippen LogP contribution in [-0.2, 0) is 0 Å². The molecule has 0 spiro atoms. The molecule has 0 saturated carbocycles. The lowest BCUT2D eigenvalue weighted by Crippen LogP contribution is -1.89. The Balaban J connectivity index is 3.06. The van der Waals surface area contributed by atoms with E-state index in [1.807, 2.05) is 6.07 Å². The third-order valence-corrected chi connectivity index (χ3v) is 1.66. The maximum Gasteiger partial charge on any atom is 0.164 e. The van der Waals surface area contributed by atoms with E-state index in [4.69, 9.17) is 10.4 Å². The molecule has 0 radical (unpaired) electrons. The fraction of sp³-hybridized carbons (Fsp3) is 0.222. The maximum absolute atomic E-state index is 12.5. The minimum atomic E-state index is -0.663. The number of phenols is 1. The van der Waals surface area contributed by atoms with Crippen LogP contribution in [0.1, 0.15) is 18.4 Å². The van der Waals surface area contributed by atoms with Gasteiger partial charge >= 0.3 is 0 Å². The van der Waals surface area contributed by atoms with Crippen molar-refractivity contribution in [1.29, 1.82) is 5.26 Å². The Morgan fingerprint density at radius 1 is 1.58 bits per heavy atom. The third-order valence-electron chi connectivity index (χ3n) is 1.66. The van der Waals surface area contributed by atoms with Crippen LogP contribution in [-0.4, -0.2) is 5.11 Å². The summed E-state index contributed by atoms with van der Waals surface area (Å²) in [6.07, 6.45) is 0. The lowest BCUT2D eigenvalue weighted by molar-refractivity contribution is 0.431. The predicted octanol–water partition coefficient (Wildman–Crippen LogP) is 2.16. The van der Waals surface area contributed by atoms with Crippen molar-refractivity contribution in [2.45, 2.75) is 12.8 Å². The zero-order chi connectivity index (χ0) is 9.14. The van der Waals surface area contributed by atoms with E-state index in [9.17, 15) is 4.39 Å². The summed E-state index contributed by atoms with van der Waals surface area (Å²) in [5.74, 6) is -1.39. The van der Waals surface area contributed by atoms with Gasteiger partial charge in [-0.25, -0.2) is 4.39 Å². The van der Waals surface area contributed by atoms with Crippen LogP contribution in [0.4, 0.5) is 4.39 Å². The molecule has 1 N–H and O–H groups in total. The molecule has 0 bridgehead atoms. The molecule has 0 heterocycles. The van der Waals surface area contributed by atoms with Gasteiger partial charge < -0.3 is 5.11 Å². The molecule has 3 heteroatoms. The molecule has 0 aliphatic rings. The second-order valence-corrected chi connectivity index (χ2v) is 2.56. The standard InChI is InChI=1S/C9H8FNO/c1-6(5-11)7-2-3-8(10)9(12)4-7/h2-4,6,12H,1H3. The van der Waals surface area contributed by atoms with E-state index in [1.54, 1.807) is 6.92 Å². The topological polar surface area (TPSA) is 44.0 Å². The first-order valence-electron chi connectivity index (χ1n) is 3.53. The lowest BCUT2D eigenvalue weighted by atomic mass is 10.0. The SMILES string of the molecule is CC(C#N)c1ccc(F)c(O)c1. The zero-order valence-electron chi connectivity index (χ0n) is 6.58. The Kier molecular flexibility index (Phi) is 2.29. The lowest BCUT2D eigenvalue weighted by Gasteiger charge is -2.02. The van der Waals surface area contributed by atoms with Crippen LogP contribution >= 0.6 is 0 Å². The van der Waals surface area contributed by atoms with Crippen molar-refractivity contribution in [3.8, 4) is 11.8 Å². The first kappa shape index (κ1) is 8.54. The Labute approximate surface area is 69.9 Å². The summed E-state index contributed by atoms with van der Waals surface area (Å²) in [5.41, 5.74) is 0.622. The Bertz CT molecular complexity index is 330. The van der Waals surface area contributed by atoms with Gasteiger partial charge in [0, 0.05) is 0 Å². The van der Waals surface area contributed by atoms with E-state index < -0.39 is 11.6 Å². The highest BCUT2D eigenvalue weighted by atomic mass is 19.1. The van der Waals surface area contributed by atoms with Crippen LogP contribution in [0, 0.1) is 17.1 Å². The fourth-order valence-electron chi connectivity index (χ4n) is 0.874. The molecular weight excluding hydrogens is 157 g/mol. The molecule has 0 aliphatic carbocycles. The van der Waals surface area contributed by atoms with E-state index >= 15 is 0 Å². The van der Waals surface area contributed by atoms with Crippen molar-refractivity contribution in [3.63, 3.8) is 0 Å². The van der Waals surface area contributed by atoms with Gasteiger partial charge in [0.25, 0.3) is 0 Å². The number of hydrogen-bond acceptors (Lipinski definition) is 2. The van der Waals surface area contributed by atoms with Gasteiger partial charge in [0.15, 0.2) is 11.6 Å². The van der Waals surface area contributed by atoms with E-state index in [1.165, 1.54) is 12.1 Å². The minimum Gasteiger partial charge on any atom is -0.505 e. The molecule has 1 rings (SSSR count). The summed E-state index contributed by atoms with van der Waals surface area (Å²) in [5, 5.41) is 17.5. The second-order valence-electron chi connectivity index (χ2n) is 2.56. The number of halogens is 1. The molecule has 0 aliphatic heterocycles. The number of hydrogen-bond donors (Lipinski definition) is 1. The number of nitrogens with zero attached hydrogens (tertiary/aromatic N) is 1. The van der Waals surface area contributed by atoms with Gasteiger partial charge in [-0.2, -0.15) is 5.26 Å². The van der Waals surface area contributed by atoms with E-state index in [-0.39, 0.29) is 5.92 Å². The van der Waals surface area contributed by atoms with Gasteiger partial charge in [0.2, 0.25) is 0 Å². The molecule has 1 unspecified atom stereocenters. The van der Waals surface area contributed by atoms with Gasteiger partial charge in [-0.15, -0.1) is 0 Å². The molecule has 12 heavy (non-hydrogen) atoms. The van der Waals surface area contributed by atoms with Gasteiger partial charge in [0.05, 0.1) is 12.0 Å². The van der Waals surface area contributed by atoms with E-state index in [0.29, 0.717) is 5.56 Å². The summed E-state index contributed by atoms with van der Waals surface area (Å²) in [6.45, 7) is 1.69. The quantitative estimate of drug-likeness (QED) is 0.692. The number of rotatable bonds is 1. The van der Waals surface area contributed by atoms with Crippen molar-refractivity contribution in [1.82, 2.24) is 0 Å². The molecule has 0 aromatic heterocycles. The highest BCUT2D eigenvalue weighted by molar-refractivity contribution is 5.33. The molecule has 1 aromatic rings. The Morgan fingerprint density at radius 2 is 2.25 bits per heavy atom. The van der Waals surface area contributed by atoms with Gasteiger partial charge in [-0.05, 0) is 24.6 Å². The molecule has 2 nitrogen and oxygen atoms in total. The van der Waals surface area contributed by atoms with Gasteiger partial charge in [-0.1, -0.05) is 6.07 Å². The highest BCUT2D eigenvalue weighted by Crippen LogP contribution is 2.21. The number of aromatic hydroxyl groups is 1. The number of phenolic OH excluding ortho intramolecular Hbond substituents is 1. The highest BCUT2D eigenvalue weighted by Gasteiger charge is 2.06. The largest absolute Gasteiger partial charge is 0.505 e. The molecule has 0 amide bonds. The molecule has 0 saturated heterocycles. The van der Waals surface area contributed by atoms with Crippen molar-refractivity contribution in [2.75, 3.05) is 0 Å². The summed E-state index contributed by atoms with van der Waals surface area (Å²) >= 11 is 0. The average Bonchev–Trinajstić information content (AvgIpc) is 2.08. The van der Waals surface area contributed by atoms with Crippen molar-refractivity contribution >= 4 is 0 Å². The zero-order valence-corrected chi connectivity index (χ0v) is 6.58. The van der Waals surface area contributed by atoms with E-state index in [0.717, 1.165) is 6.07 Å². The van der Waals surface area contributed by atoms with Crippen molar-refractivity contribution in [3.05, 3.63) is 29.6 Å². The molecule has 1 atom stereocenters. The van der Waals surface area contributed by atoms with Gasteiger partial charge in [0.1, 0.15) is 0 Å². The van der Waals surface area contributed by atoms with Crippen LogP contribution in [0.2, 0.25) is 0 Å². The van der Waals surface area contributed by atoms with Crippen LogP contribution in [0.15, 0.2) is 18.2 Å². The summed E-state index contributed by atoms with van der Waals surface area (Å²) < 4.78 is 12.5. The smallest absolute Gasteiger partial charge is 0.164 e.